The molecule has 2 aromatic carbocycles. The molecule has 0 saturated carbocycles. The van der Waals surface area contributed by atoms with Gasteiger partial charge < -0.3 is 9.47 Å². The number of benzene rings is 2. The maximum absolute atomic E-state index is 13.2. The van der Waals surface area contributed by atoms with E-state index in [1.165, 1.54) is 13.2 Å². The molecular weight excluding hydrogens is 500 g/mol. The molecule has 7 nitrogen and oxygen atoms in total. The van der Waals surface area contributed by atoms with Gasteiger partial charge in [-0.1, -0.05) is 24.6 Å². The number of carbonyl (C=O) groups is 3. The lowest BCUT2D eigenvalue weighted by molar-refractivity contribution is -0.122. The Hall–Kier alpha value is -2.84. The predicted octanol–water partition coefficient (Wildman–Crippen LogP) is 5.26. The molecule has 1 saturated heterocycles. The highest BCUT2D eigenvalue weighted by molar-refractivity contribution is 9.10. The van der Waals surface area contributed by atoms with Crippen LogP contribution in [0.4, 0.5) is 10.5 Å². The van der Waals surface area contributed by atoms with Crippen molar-refractivity contribution in [2.24, 2.45) is 0 Å². The van der Waals surface area contributed by atoms with Gasteiger partial charge >= 0.3 is 6.03 Å². The predicted molar refractivity (Wildman–Crippen MR) is 126 cm³/mol. The Labute approximate surface area is 199 Å². The number of hydrogen-bond donors (Lipinski definition) is 1. The third-order valence-corrected chi connectivity index (χ3v) is 6.04. The summed E-state index contributed by atoms with van der Waals surface area (Å²) in [5, 5.41) is 2.61. The van der Waals surface area contributed by atoms with Crippen molar-refractivity contribution >= 4 is 57.1 Å². The Balaban J connectivity index is 2.04. The number of rotatable bonds is 6. The van der Waals surface area contributed by atoms with Gasteiger partial charge in [0, 0.05) is 5.02 Å². The fourth-order valence-corrected chi connectivity index (χ4v) is 3.83. The van der Waals surface area contributed by atoms with Crippen LogP contribution in [0.1, 0.15) is 31.4 Å². The van der Waals surface area contributed by atoms with E-state index in [0.29, 0.717) is 37.8 Å². The fourth-order valence-electron chi connectivity index (χ4n) is 3.10. The zero-order valence-corrected chi connectivity index (χ0v) is 20.3. The van der Waals surface area contributed by atoms with Crippen LogP contribution in [0.5, 0.6) is 11.5 Å². The van der Waals surface area contributed by atoms with Gasteiger partial charge in [-0.3, -0.25) is 14.9 Å². The van der Waals surface area contributed by atoms with Gasteiger partial charge in [-0.25, -0.2) is 9.69 Å². The van der Waals surface area contributed by atoms with Crippen molar-refractivity contribution < 1.29 is 23.9 Å². The molecule has 32 heavy (non-hydrogen) atoms. The number of barbiturate groups is 1. The number of carbonyl (C=O) groups excluding carboxylic acids is 3. The van der Waals surface area contributed by atoms with Gasteiger partial charge in [0.15, 0.2) is 11.5 Å². The van der Waals surface area contributed by atoms with E-state index in [2.05, 4.69) is 21.2 Å². The van der Waals surface area contributed by atoms with Crippen molar-refractivity contribution in [2.45, 2.75) is 33.3 Å². The van der Waals surface area contributed by atoms with Gasteiger partial charge in [-0.05, 0) is 77.7 Å². The molecule has 0 radical (unpaired) electrons. The molecule has 1 atom stereocenters. The third kappa shape index (κ3) is 4.66. The lowest BCUT2D eigenvalue weighted by Gasteiger charge is -2.27. The van der Waals surface area contributed by atoms with Gasteiger partial charge in [0.05, 0.1) is 23.4 Å². The monoisotopic (exact) mass is 520 g/mol. The Morgan fingerprint density at radius 1 is 1.25 bits per heavy atom. The van der Waals surface area contributed by atoms with E-state index in [9.17, 15) is 14.4 Å². The number of amides is 4. The highest BCUT2D eigenvalue weighted by atomic mass is 79.9. The van der Waals surface area contributed by atoms with Crippen LogP contribution in [-0.4, -0.2) is 31.1 Å². The zero-order chi connectivity index (χ0) is 23.6. The molecule has 1 N–H and O–H groups in total. The van der Waals surface area contributed by atoms with E-state index in [1.54, 1.807) is 37.3 Å². The number of hydrogen-bond acceptors (Lipinski definition) is 5. The average Bonchev–Trinajstić information content (AvgIpc) is 2.75. The molecule has 0 aliphatic carbocycles. The number of nitrogens with one attached hydrogen (secondary N) is 1. The number of ether oxygens (including phenoxy) is 2. The summed E-state index contributed by atoms with van der Waals surface area (Å²) in [4.78, 5) is 39.0. The number of urea groups is 1. The Bertz CT molecular complexity index is 1130. The molecule has 1 fully saturated rings. The molecule has 2 aromatic rings. The molecule has 168 valence electrons. The minimum Gasteiger partial charge on any atom is -0.493 e. The minimum absolute atomic E-state index is 0.0318. The number of imide groups is 2. The molecule has 4 amide bonds. The van der Waals surface area contributed by atoms with Crippen LogP contribution in [0.25, 0.3) is 6.08 Å². The maximum Gasteiger partial charge on any atom is 0.335 e. The van der Waals surface area contributed by atoms with Crippen molar-refractivity contribution in [2.75, 3.05) is 12.0 Å². The van der Waals surface area contributed by atoms with E-state index in [0.717, 1.165) is 11.3 Å². The molecule has 1 heterocycles. The van der Waals surface area contributed by atoms with Crippen LogP contribution < -0.4 is 19.7 Å². The van der Waals surface area contributed by atoms with Crippen LogP contribution in [-0.2, 0) is 9.59 Å². The molecular formula is C23H22BrClN2O5. The van der Waals surface area contributed by atoms with Crippen LogP contribution in [0.15, 0.2) is 40.4 Å². The fraction of sp³-hybridized carbons (Fsp3) is 0.261. The highest BCUT2D eigenvalue weighted by Gasteiger charge is 2.37. The minimum atomic E-state index is -0.835. The quantitative estimate of drug-likeness (QED) is 0.414. The zero-order valence-electron chi connectivity index (χ0n) is 18.0. The van der Waals surface area contributed by atoms with Crippen molar-refractivity contribution in [1.29, 1.82) is 0 Å². The second-order valence-corrected chi connectivity index (χ2v) is 8.47. The lowest BCUT2D eigenvalue weighted by atomic mass is 10.1. The average molecular weight is 522 g/mol. The normalized spacial score (nSPS) is 16.2. The number of halogens is 2. The van der Waals surface area contributed by atoms with Crippen molar-refractivity contribution in [1.82, 2.24) is 5.32 Å². The summed E-state index contributed by atoms with van der Waals surface area (Å²) in [6.07, 6.45) is 2.18. The summed E-state index contributed by atoms with van der Waals surface area (Å²) in [6.45, 7) is 5.64. The van der Waals surface area contributed by atoms with Crippen molar-refractivity contribution in [3.05, 3.63) is 56.5 Å². The van der Waals surface area contributed by atoms with Crippen molar-refractivity contribution in [3.8, 4) is 11.5 Å². The van der Waals surface area contributed by atoms with Crippen LogP contribution >= 0.6 is 27.5 Å². The summed E-state index contributed by atoms with van der Waals surface area (Å²) in [6, 6.07) is 7.40. The van der Waals surface area contributed by atoms with Crippen molar-refractivity contribution in [3.63, 3.8) is 0 Å². The molecule has 1 aliphatic rings. The summed E-state index contributed by atoms with van der Waals surface area (Å²) in [7, 11) is 1.50. The number of methoxy groups -OCH3 is 1. The standard InChI is InChI=1S/C23H22BrClN2O5/c1-5-12(2)32-20-16(24)10-14(11-19(20)31-4)9-15-21(28)26-23(30)27(22(15)29)18-8-6-7-17(25)13(18)3/h6-12H,5H2,1-4H3,(H,26,28,30)/b15-9+/t12-/m0/s1. The second-order valence-electron chi connectivity index (χ2n) is 7.21. The van der Waals surface area contributed by atoms with E-state index < -0.39 is 17.8 Å². The number of anilines is 1. The Morgan fingerprint density at radius 2 is 1.97 bits per heavy atom. The molecule has 9 heteroatoms. The van der Waals surface area contributed by atoms with E-state index in [1.807, 2.05) is 13.8 Å². The van der Waals surface area contributed by atoms with Gasteiger partial charge in [0.25, 0.3) is 11.8 Å². The molecule has 0 unspecified atom stereocenters. The topological polar surface area (TPSA) is 84.9 Å². The Kier molecular flexibility index (Phi) is 7.26. The van der Waals surface area contributed by atoms with E-state index in [-0.39, 0.29) is 11.7 Å². The molecule has 1 aliphatic heterocycles. The third-order valence-electron chi connectivity index (χ3n) is 5.04. The highest BCUT2D eigenvalue weighted by Crippen LogP contribution is 2.38. The first-order valence-corrected chi connectivity index (χ1v) is 11.1. The first kappa shape index (κ1) is 23.8. The van der Waals surface area contributed by atoms with Gasteiger partial charge in [-0.2, -0.15) is 0 Å². The second kappa shape index (κ2) is 9.75. The van der Waals surface area contributed by atoms with Gasteiger partial charge in [0.1, 0.15) is 5.57 Å². The molecule has 0 aromatic heterocycles. The van der Waals surface area contributed by atoms with E-state index in [4.69, 9.17) is 21.1 Å². The molecule has 3 rings (SSSR count). The smallest absolute Gasteiger partial charge is 0.335 e. The molecule has 0 bridgehead atoms. The maximum atomic E-state index is 13.2. The SMILES string of the molecule is CC[C@H](C)Oc1c(Br)cc(/C=C2\C(=O)NC(=O)N(c3cccc(Cl)c3C)C2=O)cc1OC. The molecule has 0 spiro atoms. The summed E-state index contributed by atoms with van der Waals surface area (Å²) in [5.74, 6) is -0.575. The van der Waals surface area contributed by atoms with Gasteiger partial charge in [-0.15, -0.1) is 0 Å². The largest absolute Gasteiger partial charge is 0.493 e. The van der Waals surface area contributed by atoms with E-state index >= 15 is 0 Å². The summed E-state index contributed by atoms with van der Waals surface area (Å²) < 4.78 is 12.0. The summed E-state index contributed by atoms with van der Waals surface area (Å²) >= 11 is 9.62. The Morgan fingerprint density at radius 3 is 2.62 bits per heavy atom. The van der Waals surface area contributed by atoms with Crippen LogP contribution in [0.3, 0.4) is 0 Å². The first-order chi connectivity index (χ1) is 15.2. The van der Waals surface area contributed by atoms with Crippen LogP contribution in [0.2, 0.25) is 5.02 Å². The number of nitrogens with zero attached hydrogens (tertiary/aromatic N) is 1. The van der Waals surface area contributed by atoms with Gasteiger partial charge in [0.2, 0.25) is 0 Å². The lowest BCUT2D eigenvalue weighted by Crippen LogP contribution is -2.54. The van der Waals surface area contributed by atoms with Crippen LogP contribution in [0, 0.1) is 6.92 Å². The first-order valence-electron chi connectivity index (χ1n) is 9.88. The summed E-state index contributed by atoms with van der Waals surface area (Å²) in [5.41, 5.74) is 1.16.